The highest BCUT2D eigenvalue weighted by Gasteiger charge is 2.36. The summed E-state index contributed by atoms with van der Waals surface area (Å²) in [5, 5.41) is 6.84. The number of para-hydroxylation sites is 2. The molecule has 1 aliphatic carbocycles. The van der Waals surface area contributed by atoms with E-state index in [1.807, 2.05) is 54.6 Å². The van der Waals surface area contributed by atoms with Crippen molar-refractivity contribution >= 4 is 17.2 Å². The number of halogens is 3. The zero-order valence-electron chi connectivity index (χ0n) is 17.1. The first-order valence-electron chi connectivity index (χ1n) is 10.5. The van der Waals surface area contributed by atoms with E-state index in [-0.39, 0.29) is 11.7 Å². The Balaban J connectivity index is 1.59. The smallest absolute Gasteiger partial charge is 0.372 e. The first kappa shape index (κ1) is 20.4. The number of benzene rings is 3. The Labute approximate surface area is 184 Å². The van der Waals surface area contributed by atoms with Crippen LogP contribution in [0.2, 0.25) is 0 Å². The zero-order chi connectivity index (χ0) is 22.3. The molecule has 1 aliphatic heterocycles. The van der Waals surface area contributed by atoms with Crippen molar-refractivity contribution < 1.29 is 18.0 Å². The third-order valence-corrected chi connectivity index (χ3v) is 6.15. The average molecular weight is 434 g/mol. The van der Waals surface area contributed by atoms with E-state index in [0.29, 0.717) is 24.0 Å². The summed E-state index contributed by atoms with van der Waals surface area (Å²) in [6.45, 7) is 0. The number of Topliss-reactive ketones (excluding diaryl/α,β-unsaturated/α-hetero) is 1. The average Bonchev–Trinajstić information content (AvgIpc) is 2.96. The molecule has 0 saturated carbocycles. The quantitative estimate of drug-likeness (QED) is 0.472. The Bertz CT molecular complexity index is 1180. The Kier molecular flexibility index (Phi) is 5.00. The van der Waals surface area contributed by atoms with Crippen molar-refractivity contribution in [1.82, 2.24) is 0 Å². The van der Waals surface area contributed by atoms with Crippen LogP contribution < -0.4 is 10.6 Å². The molecule has 3 nitrogen and oxygen atoms in total. The molecule has 2 N–H and O–H groups in total. The summed E-state index contributed by atoms with van der Waals surface area (Å²) >= 11 is 0. The first-order valence-corrected chi connectivity index (χ1v) is 10.5. The van der Waals surface area contributed by atoms with E-state index in [9.17, 15) is 18.0 Å². The van der Waals surface area contributed by atoms with Crippen LogP contribution in [-0.4, -0.2) is 5.78 Å². The molecular weight excluding hydrogens is 413 g/mol. The van der Waals surface area contributed by atoms with Gasteiger partial charge in [-0.3, -0.25) is 4.79 Å². The van der Waals surface area contributed by atoms with Gasteiger partial charge in [-0.1, -0.05) is 54.6 Å². The highest BCUT2D eigenvalue weighted by molar-refractivity contribution is 6.01. The fraction of sp³-hybridized carbons (Fsp3) is 0.192. The van der Waals surface area contributed by atoms with Gasteiger partial charge in [0.25, 0.3) is 0 Å². The van der Waals surface area contributed by atoms with E-state index in [4.69, 9.17) is 0 Å². The van der Waals surface area contributed by atoms with Gasteiger partial charge < -0.3 is 10.6 Å². The number of carbonyl (C=O) groups excluding carboxylic acids is 1. The van der Waals surface area contributed by atoms with Gasteiger partial charge in [-0.25, -0.2) is 0 Å². The summed E-state index contributed by atoms with van der Waals surface area (Å²) in [6, 6.07) is 22.1. The number of hydrogen-bond donors (Lipinski definition) is 2. The maximum Gasteiger partial charge on any atom is 0.416 e. The van der Waals surface area contributed by atoms with E-state index in [0.717, 1.165) is 34.8 Å². The topological polar surface area (TPSA) is 41.1 Å². The van der Waals surface area contributed by atoms with Crippen LogP contribution in [0.5, 0.6) is 0 Å². The lowest BCUT2D eigenvalue weighted by molar-refractivity contribution is -0.137. The van der Waals surface area contributed by atoms with Crippen molar-refractivity contribution in [1.29, 1.82) is 0 Å². The van der Waals surface area contributed by atoms with Crippen LogP contribution in [0.3, 0.4) is 0 Å². The molecule has 6 heteroatoms. The van der Waals surface area contributed by atoms with Crippen LogP contribution >= 0.6 is 0 Å². The summed E-state index contributed by atoms with van der Waals surface area (Å²) in [6.07, 6.45) is -3.39. The van der Waals surface area contributed by atoms with Crippen LogP contribution in [0.25, 0.3) is 0 Å². The number of fused-ring (bicyclic) bond motifs is 1. The molecule has 3 aromatic carbocycles. The number of alkyl halides is 3. The molecule has 3 aromatic rings. The number of nitrogens with one attached hydrogen (secondary N) is 2. The Morgan fingerprint density at radius 3 is 2.09 bits per heavy atom. The van der Waals surface area contributed by atoms with Gasteiger partial charge in [0.2, 0.25) is 0 Å². The van der Waals surface area contributed by atoms with Crippen LogP contribution in [0, 0.1) is 0 Å². The predicted octanol–water partition coefficient (Wildman–Crippen LogP) is 6.68. The van der Waals surface area contributed by atoms with Gasteiger partial charge in [0.15, 0.2) is 5.78 Å². The number of carbonyl (C=O) groups is 1. The van der Waals surface area contributed by atoms with E-state index >= 15 is 0 Å². The molecule has 1 heterocycles. The second-order valence-electron chi connectivity index (χ2n) is 8.20. The lowest BCUT2D eigenvalue weighted by Crippen LogP contribution is -2.27. The minimum atomic E-state index is -4.41. The molecular formula is C26H21F3N2O. The molecule has 0 saturated heterocycles. The minimum Gasteiger partial charge on any atom is -0.372 e. The molecule has 0 spiro atoms. The van der Waals surface area contributed by atoms with Crippen LogP contribution in [0.1, 0.15) is 41.5 Å². The van der Waals surface area contributed by atoms with Crippen molar-refractivity contribution in [2.75, 3.05) is 10.6 Å². The summed E-state index contributed by atoms with van der Waals surface area (Å²) in [4.78, 5) is 13.4. The van der Waals surface area contributed by atoms with Gasteiger partial charge in [0, 0.05) is 17.7 Å². The highest BCUT2D eigenvalue weighted by atomic mass is 19.4. The van der Waals surface area contributed by atoms with Crippen LogP contribution in [-0.2, 0) is 11.0 Å². The third kappa shape index (κ3) is 3.77. The highest BCUT2D eigenvalue weighted by Crippen LogP contribution is 2.44. The summed E-state index contributed by atoms with van der Waals surface area (Å²) in [5.41, 5.74) is 4.07. The van der Waals surface area contributed by atoms with E-state index in [1.54, 1.807) is 0 Å². The Morgan fingerprint density at radius 2 is 1.41 bits per heavy atom. The molecule has 0 unspecified atom stereocenters. The van der Waals surface area contributed by atoms with Gasteiger partial charge in [-0.15, -0.1) is 0 Å². The maximum absolute atomic E-state index is 13.4. The van der Waals surface area contributed by atoms with Gasteiger partial charge in [0.1, 0.15) is 0 Å². The Morgan fingerprint density at radius 1 is 0.750 bits per heavy atom. The maximum atomic E-state index is 13.4. The molecule has 162 valence electrons. The summed E-state index contributed by atoms with van der Waals surface area (Å²) < 4.78 is 39.2. The lowest BCUT2D eigenvalue weighted by atomic mass is 9.78. The number of anilines is 2. The fourth-order valence-electron chi connectivity index (χ4n) is 4.57. The largest absolute Gasteiger partial charge is 0.416 e. The molecule has 32 heavy (non-hydrogen) atoms. The van der Waals surface area contributed by atoms with Crippen molar-refractivity contribution in [3.8, 4) is 0 Å². The Hall–Kier alpha value is -3.54. The molecule has 0 aromatic heterocycles. The number of ketones is 1. The molecule has 0 fully saturated rings. The van der Waals surface area contributed by atoms with Crippen molar-refractivity contribution in [2.45, 2.75) is 31.0 Å². The van der Waals surface area contributed by atoms with E-state index < -0.39 is 17.8 Å². The number of allylic oxidation sites excluding steroid dienone is 1. The summed E-state index contributed by atoms with van der Waals surface area (Å²) in [7, 11) is 0. The number of rotatable bonds is 2. The monoisotopic (exact) mass is 434 g/mol. The molecule has 0 amide bonds. The molecule has 0 radical (unpaired) electrons. The second kappa shape index (κ2) is 7.86. The van der Waals surface area contributed by atoms with Crippen molar-refractivity contribution in [3.05, 3.63) is 107 Å². The summed E-state index contributed by atoms with van der Waals surface area (Å²) in [5.74, 6) is 0.0475. The van der Waals surface area contributed by atoms with E-state index in [1.165, 1.54) is 12.1 Å². The number of hydrogen-bond acceptors (Lipinski definition) is 3. The second-order valence-corrected chi connectivity index (χ2v) is 8.20. The molecule has 0 bridgehead atoms. The van der Waals surface area contributed by atoms with Gasteiger partial charge >= 0.3 is 6.18 Å². The van der Waals surface area contributed by atoms with Gasteiger partial charge in [-0.05, 0) is 47.7 Å². The van der Waals surface area contributed by atoms with Gasteiger partial charge in [-0.2, -0.15) is 13.2 Å². The lowest BCUT2D eigenvalue weighted by Gasteiger charge is -2.30. The van der Waals surface area contributed by atoms with Gasteiger partial charge in [0.05, 0.1) is 23.0 Å². The molecule has 5 rings (SSSR count). The predicted molar refractivity (Wildman–Crippen MR) is 118 cm³/mol. The van der Waals surface area contributed by atoms with E-state index in [2.05, 4.69) is 10.6 Å². The first-order chi connectivity index (χ1) is 15.4. The molecule has 2 atom stereocenters. The third-order valence-electron chi connectivity index (χ3n) is 6.15. The standard InChI is InChI=1S/C26H21F3N2O/c27-26(28,29)19-12-10-17(11-13-19)25-24-22(30-20-8-4-5-9-21(20)31-25)14-18(15-23(24)32)16-6-2-1-3-7-16/h1-13,18,25,30-31H,14-15H2/t18-,25-/m0/s1. The van der Waals surface area contributed by atoms with Crippen LogP contribution in [0.4, 0.5) is 24.5 Å². The normalized spacial score (nSPS) is 20.5. The van der Waals surface area contributed by atoms with Crippen LogP contribution in [0.15, 0.2) is 90.1 Å². The van der Waals surface area contributed by atoms with Crippen molar-refractivity contribution in [3.63, 3.8) is 0 Å². The zero-order valence-corrected chi connectivity index (χ0v) is 17.1. The SMILES string of the molecule is O=C1C[C@@H](c2ccccc2)CC2=C1[C@H](c1ccc(C(F)(F)F)cc1)Nc1ccccc1N2. The fourth-order valence-corrected chi connectivity index (χ4v) is 4.57. The minimum absolute atomic E-state index is 0.00203. The van der Waals surface area contributed by atoms with Crippen molar-refractivity contribution in [2.24, 2.45) is 0 Å². The molecule has 2 aliphatic rings.